The Labute approximate surface area is 429 Å². The highest BCUT2D eigenvalue weighted by Crippen LogP contribution is 2.45. The monoisotopic (exact) mass is 1010 g/mol. The van der Waals surface area contributed by atoms with Gasteiger partial charge < -0.3 is 70.3 Å². The van der Waals surface area contributed by atoms with Crippen LogP contribution in [-0.4, -0.2) is 93.2 Å². The molecule has 0 unspecified atom stereocenters. The first kappa shape index (κ1) is 55.4. The van der Waals surface area contributed by atoms with Gasteiger partial charge in [0.25, 0.3) is 0 Å². The van der Waals surface area contributed by atoms with E-state index >= 15 is 0 Å². The van der Waals surface area contributed by atoms with Crippen LogP contribution in [0.15, 0.2) is 109 Å². The minimum atomic E-state index is -1.15. The number of methoxy groups -OCH3 is 8. The van der Waals surface area contributed by atoms with E-state index in [-0.39, 0.29) is 12.5 Å². The molecular weight excluding hydrogens is 949 g/mol. The molecule has 0 aromatic heterocycles. The molecule has 0 heterocycles. The van der Waals surface area contributed by atoms with E-state index in [0.717, 1.165) is 33.4 Å². The number of alkyl carbamates (subject to hydrolysis) is 1. The summed E-state index contributed by atoms with van der Waals surface area (Å²) in [4.78, 5) is 22.9. The van der Waals surface area contributed by atoms with E-state index in [1.807, 2.05) is 60.7 Å². The number of hydrogen-bond acceptors (Lipinski definition) is 16. The van der Waals surface area contributed by atoms with Crippen molar-refractivity contribution in [2.75, 3.05) is 81.6 Å². The van der Waals surface area contributed by atoms with E-state index in [9.17, 15) is 20.1 Å². The second kappa shape index (κ2) is 26.6. The summed E-state index contributed by atoms with van der Waals surface area (Å²) >= 11 is 0. The third kappa shape index (κ3) is 13.3. The number of nitrogens with one attached hydrogen (secondary N) is 1. The average molecular weight is 1010 g/mol. The summed E-state index contributed by atoms with van der Waals surface area (Å²) < 4.78 is 47.5. The molecule has 1 aliphatic rings. The number of nitriles is 2. The molecule has 6 aromatic carbocycles. The number of anilines is 2. The summed E-state index contributed by atoms with van der Waals surface area (Å²) in [7, 11) is 12.3. The zero-order valence-corrected chi connectivity index (χ0v) is 42.2. The summed E-state index contributed by atoms with van der Waals surface area (Å²) in [6.45, 7) is -0.434. The molecule has 18 nitrogen and oxygen atoms in total. The molecule has 0 saturated carbocycles. The number of nitrogens with zero attached hydrogens (tertiary/aromatic N) is 2. The second-order valence-electron chi connectivity index (χ2n) is 15.8. The molecule has 2 amide bonds. The molecule has 0 aliphatic heterocycles. The van der Waals surface area contributed by atoms with Gasteiger partial charge in [-0.2, -0.15) is 10.5 Å². The van der Waals surface area contributed by atoms with Gasteiger partial charge >= 0.3 is 6.09 Å². The van der Waals surface area contributed by atoms with Gasteiger partial charge in [-0.25, -0.2) is 4.79 Å². The zero-order valence-electron chi connectivity index (χ0n) is 42.2. The van der Waals surface area contributed by atoms with Crippen LogP contribution in [0.3, 0.4) is 0 Å². The van der Waals surface area contributed by atoms with Crippen LogP contribution in [0.5, 0.6) is 46.0 Å². The standard InChI is InChI=1S/2C19H20N2O4.C18H18N2O4/c2*1-22-16-6-5-12(8-15(16)21)7-14(11-20)13-9-17(23-2)19(25-4)18(10-13)24-3;19-17(22)16(9-21)20-18(23)24-10-15-13-7-3-1-5-11(13)12-6-2-4-8-14(12)15/h2*5-10H,21H2,1-4H3;1-8,15-16,21H,9-10H2,(H2,19,22)(H,20,23)/t;;16-/m..0/s1. The number of nitrogen functional groups attached to an aromatic ring is 2. The summed E-state index contributed by atoms with van der Waals surface area (Å²) in [5.74, 6) is 3.15. The summed E-state index contributed by atoms with van der Waals surface area (Å²) in [6, 6.07) is 36.8. The lowest BCUT2D eigenvalue weighted by Crippen LogP contribution is -2.47. The maximum absolute atomic E-state index is 11.8. The molecular formula is C56H58N6O12. The number of aliphatic hydroxyl groups excluding tert-OH is 1. The summed E-state index contributed by atoms with van der Waals surface area (Å²) in [5, 5.41) is 30.4. The fraction of sp³-hybridized carbons (Fsp3) is 0.214. The van der Waals surface area contributed by atoms with Gasteiger partial charge in [0.05, 0.1) is 98.1 Å². The van der Waals surface area contributed by atoms with E-state index in [2.05, 4.69) is 17.5 Å². The first-order valence-corrected chi connectivity index (χ1v) is 22.5. The fourth-order valence-electron chi connectivity index (χ4n) is 7.84. The lowest BCUT2D eigenvalue weighted by molar-refractivity contribution is -0.120. The maximum atomic E-state index is 11.8. The van der Waals surface area contributed by atoms with Crippen molar-refractivity contribution in [1.29, 1.82) is 10.5 Å². The highest BCUT2D eigenvalue weighted by Gasteiger charge is 2.29. The first-order valence-electron chi connectivity index (χ1n) is 22.5. The quantitative estimate of drug-likeness (QED) is 0.0328. The lowest BCUT2D eigenvalue weighted by atomic mass is 9.98. The van der Waals surface area contributed by atoms with Gasteiger partial charge in [0.2, 0.25) is 17.4 Å². The Hall–Kier alpha value is -9.52. The van der Waals surface area contributed by atoms with E-state index in [4.69, 9.17) is 64.9 Å². The van der Waals surface area contributed by atoms with Crippen LogP contribution < -0.4 is 60.4 Å². The predicted octanol–water partition coefficient (Wildman–Crippen LogP) is 8.11. The number of primary amides is 1. The molecule has 8 N–H and O–H groups in total. The van der Waals surface area contributed by atoms with Crippen LogP contribution >= 0.6 is 0 Å². The molecule has 384 valence electrons. The Morgan fingerprint density at radius 2 is 0.959 bits per heavy atom. The summed E-state index contributed by atoms with van der Waals surface area (Å²) in [6.07, 6.45) is 2.68. The number of benzene rings is 6. The van der Waals surface area contributed by atoms with E-state index in [0.29, 0.717) is 79.6 Å². The smallest absolute Gasteiger partial charge is 0.407 e. The molecule has 1 aliphatic carbocycles. The van der Waals surface area contributed by atoms with Crippen LogP contribution in [0.2, 0.25) is 0 Å². The van der Waals surface area contributed by atoms with Gasteiger partial charge in [-0.15, -0.1) is 0 Å². The van der Waals surface area contributed by atoms with Gasteiger partial charge in [0.15, 0.2) is 23.0 Å². The molecule has 0 spiro atoms. The average Bonchev–Trinajstić information content (AvgIpc) is 3.75. The molecule has 6 aromatic rings. The number of ether oxygens (including phenoxy) is 9. The van der Waals surface area contributed by atoms with Crippen LogP contribution in [0.4, 0.5) is 16.2 Å². The Bertz CT molecular complexity index is 2870. The van der Waals surface area contributed by atoms with Crippen LogP contribution in [0.25, 0.3) is 34.4 Å². The number of carbonyl (C=O) groups excluding carboxylic acids is 2. The number of carbonyl (C=O) groups is 2. The molecule has 0 saturated heterocycles. The fourth-order valence-corrected chi connectivity index (χ4v) is 7.84. The van der Waals surface area contributed by atoms with Crippen molar-refractivity contribution in [3.63, 3.8) is 0 Å². The van der Waals surface area contributed by atoms with Crippen molar-refractivity contribution in [1.82, 2.24) is 5.32 Å². The van der Waals surface area contributed by atoms with E-state index in [1.165, 1.54) is 42.7 Å². The normalized spacial score (nSPS) is 11.7. The minimum Gasteiger partial charge on any atom is -0.495 e. The highest BCUT2D eigenvalue weighted by molar-refractivity contribution is 5.92. The topological polar surface area (TPSA) is 275 Å². The predicted molar refractivity (Wildman–Crippen MR) is 282 cm³/mol. The van der Waals surface area contributed by atoms with Gasteiger partial charge in [-0.1, -0.05) is 60.7 Å². The molecule has 74 heavy (non-hydrogen) atoms. The Morgan fingerprint density at radius 3 is 1.27 bits per heavy atom. The molecule has 0 radical (unpaired) electrons. The van der Waals surface area contributed by atoms with Crippen LogP contribution in [0, 0.1) is 22.7 Å². The molecule has 1 atom stereocenters. The zero-order chi connectivity index (χ0) is 53.9. The Kier molecular flexibility index (Phi) is 19.9. The molecule has 0 fully saturated rings. The SMILES string of the molecule is COc1ccc(C=C(C#N)c2cc(OC)c(OC)c(OC)c2)cc1N.COc1ccc(C=C(C#N)c2cc(OC)c(OC)c(OC)c2)cc1N.NC(=O)[C@H](CO)NC(=O)OCC1c2ccccc2-c2ccccc21. The van der Waals surface area contributed by atoms with Gasteiger partial charge in [0.1, 0.15) is 24.1 Å². The van der Waals surface area contributed by atoms with Crippen molar-refractivity contribution in [2.24, 2.45) is 5.73 Å². The van der Waals surface area contributed by atoms with E-state index < -0.39 is 24.6 Å². The molecule has 18 heteroatoms. The van der Waals surface area contributed by atoms with Gasteiger partial charge in [0, 0.05) is 5.92 Å². The van der Waals surface area contributed by atoms with Crippen molar-refractivity contribution in [3.8, 4) is 69.3 Å². The van der Waals surface area contributed by atoms with Crippen molar-refractivity contribution in [2.45, 2.75) is 12.0 Å². The van der Waals surface area contributed by atoms with Crippen molar-refractivity contribution < 1.29 is 57.3 Å². The van der Waals surface area contributed by atoms with Gasteiger partial charge in [-0.05, 0) is 105 Å². The number of fused-ring (bicyclic) bond motifs is 3. The van der Waals surface area contributed by atoms with Crippen molar-refractivity contribution in [3.05, 3.63) is 143 Å². The first-order chi connectivity index (χ1) is 35.8. The Morgan fingerprint density at radius 1 is 0.581 bits per heavy atom. The highest BCUT2D eigenvalue weighted by atomic mass is 16.6. The minimum absolute atomic E-state index is 0.0655. The third-order valence-corrected chi connectivity index (χ3v) is 11.5. The molecule has 7 rings (SSSR count). The largest absolute Gasteiger partial charge is 0.495 e. The number of nitrogens with two attached hydrogens (primary N) is 3. The van der Waals surface area contributed by atoms with Crippen molar-refractivity contribution >= 4 is 46.7 Å². The number of amides is 2. The van der Waals surface area contributed by atoms with E-state index in [1.54, 1.807) is 74.9 Å². The lowest BCUT2D eigenvalue weighted by Gasteiger charge is -2.16. The number of allylic oxidation sites excluding steroid dienone is 2. The third-order valence-electron chi connectivity index (χ3n) is 11.5. The number of hydrogen-bond donors (Lipinski definition) is 5. The maximum Gasteiger partial charge on any atom is 0.407 e. The summed E-state index contributed by atoms with van der Waals surface area (Å²) in [5.41, 5.74) is 26.1. The van der Waals surface area contributed by atoms with Crippen LogP contribution in [-0.2, 0) is 9.53 Å². The molecule has 0 bridgehead atoms. The number of rotatable bonds is 17. The Balaban J connectivity index is 0.000000206. The van der Waals surface area contributed by atoms with Gasteiger partial charge in [-0.3, -0.25) is 4.79 Å². The number of aliphatic hydroxyl groups is 1. The van der Waals surface area contributed by atoms with Crippen LogP contribution in [0.1, 0.15) is 39.3 Å². The second-order valence-corrected chi connectivity index (χ2v) is 15.8.